The summed E-state index contributed by atoms with van der Waals surface area (Å²) in [7, 11) is 0. The summed E-state index contributed by atoms with van der Waals surface area (Å²) in [4.78, 5) is 12.3. The maximum absolute atomic E-state index is 14.9. The minimum absolute atomic E-state index is 0.00785. The molecule has 1 atom stereocenters. The van der Waals surface area contributed by atoms with E-state index in [9.17, 15) is 17.6 Å². The number of ether oxygens (including phenoxy) is 1. The van der Waals surface area contributed by atoms with E-state index in [1.807, 2.05) is 0 Å². The van der Waals surface area contributed by atoms with Crippen molar-refractivity contribution in [1.82, 2.24) is 10.3 Å². The fraction of sp³-hybridized carbons (Fsp3) is 0.350. The maximum Gasteiger partial charge on any atom is 0.573 e. The van der Waals surface area contributed by atoms with Gasteiger partial charge in [-0.2, -0.15) is 0 Å². The molecule has 30 heavy (non-hydrogen) atoms. The van der Waals surface area contributed by atoms with Crippen molar-refractivity contribution in [2.24, 2.45) is 9.98 Å². The summed E-state index contributed by atoms with van der Waals surface area (Å²) in [6.07, 6.45) is -3.63. The van der Waals surface area contributed by atoms with Crippen molar-refractivity contribution < 1.29 is 22.3 Å². The summed E-state index contributed by atoms with van der Waals surface area (Å²) in [6, 6.07) is 6.81. The third kappa shape index (κ3) is 5.32. The van der Waals surface area contributed by atoms with Gasteiger partial charge in [0.25, 0.3) is 0 Å². The van der Waals surface area contributed by atoms with Crippen LogP contribution >= 0.6 is 0 Å². The standard InChI is InChI=1S/C20H21F4N5O/c1-25-16-10-15(13-4-6-14(7-5-13)30-20(22,23)24)29-18(17(16)26-2)28-12-19(21)8-3-9-27-11-19/h4-7,10,27H,1-3,8-9,11-12H2,(H,28,29). The van der Waals surface area contributed by atoms with Gasteiger partial charge in [0.2, 0.25) is 0 Å². The van der Waals surface area contributed by atoms with Crippen LogP contribution in [0.25, 0.3) is 11.3 Å². The molecule has 6 nitrogen and oxygen atoms in total. The molecule has 0 saturated carbocycles. The van der Waals surface area contributed by atoms with E-state index in [2.05, 4.69) is 43.8 Å². The second-order valence-corrected chi connectivity index (χ2v) is 6.90. The fourth-order valence-corrected chi connectivity index (χ4v) is 3.22. The van der Waals surface area contributed by atoms with Crippen LogP contribution in [0.5, 0.6) is 5.75 Å². The predicted octanol–water partition coefficient (Wildman–Crippen LogP) is 4.82. The van der Waals surface area contributed by atoms with E-state index in [0.29, 0.717) is 29.1 Å². The molecule has 2 N–H and O–H groups in total. The highest BCUT2D eigenvalue weighted by Gasteiger charge is 2.32. The van der Waals surface area contributed by atoms with Crippen molar-refractivity contribution >= 4 is 30.6 Å². The van der Waals surface area contributed by atoms with Crippen LogP contribution in [-0.2, 0) is 0 Å². The Bertz CT molecular complexity index is 909. The number of piperidine rings is 1. The van der Waals surface area contributed by atoms with E-state index in [4.69, 9.17) is 0 Å². The van der Waals surface area contributed by atoms with Gasteiger partial charge in [0, 0.05) is 12.1 Å². The zero-order valence-electron chi connectivity index (χ0n) is 16.1. The summed E-state index contributed by atoms with van der Waals surface area (Å²) < 4.78 is 55.9. The van der Waals surface area contributed by atoms with E-state index in [-0.39, 0.29) is 24.7 Å². The van der Waals surface area contributed by atoms with Gasteiger partial charge in [0.1, 0.15) is 17.1 Å². The van der Waals surface area contributed by atoms with Crippen LogP contribution in [-0.4, -0.2) is 50.1 Å². The van der Waals surface area contributed by atoms with Gasteiger partial charge < -0.3 is 15.4 Å². The molecule has 2 heterocycles. The Hall–Kier alpha value is -3.01. The van der Waals surface area contributed by atoms with Crippen molar-refractivity contribution in [2.45, 2.75) is 24.9 Å². The van der Waals surface area contributed by atoms with Crippen molar-refractivity contribution in [3.8, 4) is 17.0 Å². The average Bonchev–Trinajstić information content (AvgIpc) is 2.71. The summed E-state index contributed by atoms with van der Waals surface area (Å²) in [6.45, 7) is 8.03. The molecule has 0 radical (unpaired) electrons. The van der Waals surface area contributed by atoms with Crippen molar-refractivity contribution in [2.75, 3.05) is 25.0 Å². The number of nitrogens with one attached hydrogen (secondary N) is 2. The Morgan fingerprint density at radius 1 is 1.20 bits per heavy atom. The van der Waals surface area contributed by atoms with Gasteiger partial charge >= 0.3 is 6.36 Å². The van der Waals surface area contributed by atoms with Gasteiger partial charge in [-0.05, 0) is 63.2 Å². The first-order valence-corrected chi connectivity index (χ1v) is 9.21. The molecule has 1 aromatic carbocycles. The number of halogens is 4. The predicted molar refractivity (Wildman–Crippen MR) is 109 cm³/mol. The van der Waals surface area contributed by atoms with Gasteiger partial charge in [0.05, 0.1) is 17.9 Å². The monoisotopic (exact) mass is 423 g/mol. The van der Waals surface area contributed by atoms with E-state index >= 15 is 0 Å². The number of anilines is 1. The molecule has 2 aromatic rings. The number of alkyl halides is 4. The summed E-state index contributed by atoms with van der Waals surface area (Å²) in [5, 5.41) is 6.01. The molecular weight excluding hydrogens is 402 g/mol. The van der Waals surface area contributed by atoms with Gasteiger partial charge in [-0.1, -0.05) is 0 Å². The normalized spacial score (nSPS) is 19.2. The highest BCUT2D eigenvalue weighted by molar-refractivity contribution is 5.82. The molecule has 1 saturated heterocycles. The first-order valence-electron chi connectivity index (χ1n) is 9.21. The van der Waals surface area contributed by atoms with E-state index in [1.165, 1.54) is 24.3 Å². The summed E-state index contributed by atoms with van der Waals surface area (Å²) >= 11 is 0. The average molecular weight is 423 g/mol. The summed E-state index contributed by atoms with van der Waals surface area (Å²) in [5.41, 5.74) is 0.163. The fourth-order valence-electron chi connectivity index (χ4n) is 3.22. The zero-order valence-corrected chi connectivity index (χ0v) is 16.1. The second-order valence-electron chi connectivity index (χ2n) is 6.90. The van der Waals surface area contributed by atoms with Crippen LogP contribution in [0.1, 0.15) is 12.8 Å². The third-order valence-electron chi connectivity index (χ3n) is 4.68. The number of nitrogens with zero attached hydrogens (tertiary/aromatic N) is 3. The lowest BCUT2D eigenvalue weighted by atomic mass is 9.96. The molecule has 0 spiro atoms. The smallest absolute Gasteiger partial charge is 0.406 e. The number of benzene rings is 1. The van der Waals surface area contributed by atoms with Gasteiger partial charge in [-0.3, -0.25) is 9.98 Å². The van der Waals surface area contributed by atoms with Crippen LogP contribution in [0, 0.1) is 0 Å². The Balaban J connectivity index is 1.89. The molecule has 0 amide bonds. The van der Waals surface area contributed by atoms with Crippen molar-refractivity contribution in [3.05, 3.63) is 30.3 Å². The van der Waals surface area contributed by atoms with E-state index < -0.39 is 12.0 Å². The molecule has 1 aliphatic rings. The number of pyridine rings is 1. The first-order chi connectivity index (χ1) is 14.2. The number of hydrogen-bond acceptors (Lipinski definition) is 6. The van der Waals surface area contributed by atoms with Crippen molar-refractivity contribution in [3.63, 3.8) is 0 Å². The number of aliphatic imine (C=N–C) groups is 2. The van der Waals surface area contributed by atoms with Gasteiger partial charge in [-0.15, -0.1) is 13.2 Å². The highest BCUT2D eigenvalue weighted by atomic mass is 19.4. The number of hydrogen-bond donors (Lipinski definition) is 2. The molecule has 0 aliphatic carbocycles. The molecule has 1 unspecified atom stereocenters. The van der Waals surface area contributed by atoms with Crippen LogP contribution in [0.3, 0.4) is 0 Å². The van der Waals surface area contributed by atoms with E-state index in [1.54, 1.807) is 6.07 Å². The molecule has 1 aromatic heterocycles. The molecule has 1 aliphatic heterocycles. The maximum atomic E-state index is 14.9. The quantitative estimate of drug-likeness (QED) is 0.495. The Kier molecular flexibility index (Phi) is 6.35. The molecule has 10 heteroatoms. The number of rotatable bonds is 7. The van der Waals surface area contributed by atoms with Crippen LogP contribution < -0.4 is 15.4 Å². The second kappa shape index (κ2) is 8.78. The Morgan fingerprint density at radius 3 is 2.50 bits per heavy atom. The topological polar surface area (TPSA) is 70.9 Å². The Labute approximate surface area is 171 Å². The number of aromatic nitrogens is 1. The lowest BCUT2D eigenvalue weighted by Crippen LogP contribution is -2.46. The highest BCUT2D eigenvalue weighted by Crippen LogP contribution is 2.38. The van der Waals surface area contributed by atoms with Gasteiger partial charge in [-0.25, -0.2) is 9.37 Å². The lowest BCUT2D eigenvalue weighted by Gasteiger charge is -2.30. The van der Waals surface area contributed by atoms with Crippen molar-refractivity contribution in [1.29, 1.82) is 0 Å². The molecular formula is C20H21F4N5O. The molecule has 1 fully saturated rings. The SMILES string of the molecule is C=Nc1cc(-c2ccc(OC(F)(F)F)cc2)nc(NCC2(F)CCCNC2)c1N=C. The first kappa shape index (κ1) is 21.7. The molecule has 0 bridgehead atoms. The van der Waals surface area contributed by atoms with Gasteiger partial charge in [0.15, 0.2) is 5.82 Å². The lowest BCUT2D eigenvalue weighted by molar-refractivity contribution is -0.274. The minimum atomic E-state index is -4.77. The molecule has 3 rings (SSSR count). The van der Waals surface area contributed by atoms with Crippen LogP contribution in [0.15, 0.2) is 40.3 Å². The Morgan fingerprint density at radius 2 is 1.93 bits per heavy atom. The van der Waals surface area contributed by atoms with Crippen LogP contribution in [0.2, 0.25) is 0 Å². The van der Waals surface area contributed by atoms with Crippen LogP contribution in [0.4, 0.5) is 34.8 Å². The summed E-state index contributed by atoms with van der Waals surface area (Å²) in [5.74, 6) is -0.0802. The largest absolute Gasteiger partial charge is 0.573 e. The zero-order chi connectivity index (χ0) is 21.8. The van der Waals surface area contributed by atoms with E-state index in [0.717, 1.165) is 13.0 Å². The minimum Gasteiger partial charge on any atom is -0.406 e. The molecule has 160 valence electrons. The third-order valence-corrected chi connectivity index (χ3v) is 4.68.